The number of sulfonamides is 1. The molecular formula is C29H39N5O4S. The topological polar surface area (TPSA) is 106 Å². The Morgan fingerprint density at radius 2 is 1.87 bits per heavy atom. The van der Waals surface area contributed by atoms with E-state index >= 15 is 0 Å². The summed E-state index contributed by atoms with van der Waals surface area (Å²) in [5, 5.41) is 12.2. The van der Waals surface area contributed by atoms with E-state index in [1.165, 1.54) is 29.3 Å². The van der Waals surface area contributed by atoms with Gasteiger partial charge < -0.3 is 15.0 Å². The molecule has 2 aromatic carbocycles. The Morgan fingerprint density at radius 3 is 2.54 bits per heavy atom. The number of nitriles is 1. The first-order chi connectivity index (χ1) is 18.6. The van der Waals surface area contributed by atoms with Gasteiger partial charge in [0.25, 0.3) is 0 Å². The minimum atomic E-state index is -3.78. The van der Waals surface area contributed by atoms with Crippen LogP contribution < -0.4 is 10.1 Å². The van der Waals surface area contributed by atoms with E-state index in [1.807, 2.05) is 49.9 Å². The Kier molecular flexibility index (Phi) is 9.28. The highest BCUT2D eigenvalue weighted by molar-refractivity contribution is 7.89. The lowest BCUT2D eigenvalue weighted by Gasteiger charge is -2.43. The van der Waals surface area contributed by atoms with Crippen LogP contribution in [0.15, 0.2) is 47.4 Å². The summed E-state index contributed by atoms with van der Waals surface area (Å²) >= 11 is 0. The maximum atomic E-state index is 13.4. The molecule has 1 unspecified atom stereocenters. The number of benzene rings is 2. The van der Waals surface area contributed by atoms with Crippen molar-refractivity contribution in [3.05, 3.63) is 53.6 Å². The van der Waals surface area contributed by atoms with Crippen LogP contribution in [0.5, 0.6) is 5.75 Å². The molecule has 2 aliphatic rings. The molecule has 0 aromatic heterocycles. The number of likely N-dealkylation sites (tertiary alicyclic amines) is 1. The van der Waals surface area contributed by atoms with E-state index in [0.717, 1.165) is 30.1 Å². The van der Waals surface area contributed by atoms with E-state index in [1.54, 1.807) is 12.1 Å². The molecule has 2 fully saturated rings. The van der Waals surface area contributed by atoms with E-state index in [2.05, 4.69) is 17.3 Å². The third-order valence-electron chi connectivity index (χ3n) is 7.50. The predicted molar refractivity (Wildman–Crippen MR) is 151 cm³/mol. The number of rotatable bonds is 8. The Labute approximate surface area is 232 Å². The summed E-state index contributed by atoms with van der Waals surface area (Å²) in [7, 11) is -1.63. The maximum Gasteiger partial charge on any atom is 0.243 e. The van der Waals surface area contributed by atoms with Crippen LogP contribution in [-0.2, 0) is 14.8 Å². The standard InChI is InChI=1S/C29H39N5O4S/c1-21-13-26(38-20-25-8-6-12-32(4)18-25)10-11-28(21)31-29(35)19-33-16-22(2)34(23(3)17-33)39(36,37)27-9-5-7-24(14-27)15-30/h5,7,9-11,13-14,22-23,25H,6,8,12,16-20H2,1-4H3,(H,31,35)/t22-,23+,25?. The number of carbonyl (C=O) groups is 1. The van der Waals surface area contributed by atoms with Gasteiger partial charge in [0, 0.05) is 43.3 Å². The Bertz CT molecular complexity index is 1310. The molecule has 0 aliphatic carbocycles. The van der Waals surface area contributed by atoms with Gasteiger partial charge in [0.15, 0.2) is 0 Å². The van der Waals surface area contributed by atoms with Crippen LogP contribution in [0.25, 0.3) is 0 Å². The highest BCUT2D eigenvalue weighted by atomic mass is 32.2. The highest BCUT2D eigenvalue weighted by Gasteiger charge is 2.39. The largest absolute Gasteiger partial charge is 0.493 e. The lowest BCUT2D eigenvalue weighted by Crippen LogP contribution is -2.59. The van der Waals surface area contributed by atoms with E-state index in [0.29, 0.717) is 31.2 Å². The average Bonchev–Trinajstić information content (AvgIpc) is 2.88. The smallest absolute Gasteiger partial charge is 0.243 e. The van der Waals surface area contributed by atoms with Crippen LogP contribution in [0.2, 0.25) is 0 Å². The number of nitrogens with one attached hydrogen (secondary N) is 1. The number of nitrogens with zero attached hydrogens (tertiary/aromatic N) is 4. The number of anilines is 1. The second-order valence-corrected chi connectivity index (χ2v) is 12.8. The molecule has 0 spiro atoms. The van der Waals surface area contributed by atoms with Gasteiger partial charge in [-0.15, -0.1) is 0 Å². The molecule has 0 bridgehead atoms. The van der Waals surface area contributed by atoms with Crippen LogP contribution >= 0.6 is 0 Å². The van der Waals surface area contributed by atoms with Gasteiger partial charge in [0.2, 0.25) is 15.9 Å². The van der Waals surface area contributed by atoms with E-state index in [4.69, 9.17) is 10.00 Å². The molecule has 1 N–H and O–H groups in total. The molecule has 2 aliphatic heterocycles. The molecule has 2 aromatic rings. The Morgan fingerprint density at radius 1 is 1.13 bits per heavy atom. The van der Waals surface area contributed by atoms with Crippen LogP contribution in [0, 0.1) is 24.2 Å². The lowest BCUT2D eigenvalue weighted by atomic mass is 9.99. The molecule has 2 saturated heterocycles. The molecule has 3 atom stereocenters. The van der Waals surface area contributed by atoms with Gasteiger partial charge >= 0.3 is 0 Å². The van der Waals surface area contributed by atoms with E-state index < -0.39 is 10.0 Å². The molecule has 4 rings (SSSR count). The van der Waals surface area contributed by atoms with Crippen molar-refractivity contribution in [3.8, 4) is 11.8 Å². The zero-order valence-electron chi connectivity index (χ0n) is 23.3. The van der Waals surface area contributed by atoms with Crippen LogP contribution in [-0.4, -0.2) is 86.9 Å². The van der Waals surface area contributed by atoms with Crippen molar-refractivity contribution in [2.75, 3.05) is 51.7 Å². The fourth-order valence-electron chi connectivity index (χ4n) is 5.75. The van der Waals surface area contributed by atoms with Gasteiger partial charge in [-0.3, -0.25) is 9.69 Å². The van der Waals surface area contributed by atoms with Crippen molar-refractivity contribution in [1.82, 2.24) is 14.1 Å². The van der Waals surface area contributed by atoms with Gasteiger partial charge in [-0.1, -0.05) is 6.07 Å². The minimum absolute atomic E-state index is 0.112. The Hall–Kier alpha value is -2.97. The first-order valence-electron chi connectivity index (χ1n) is 13.5. The number of carbonyl (C=O) groups excluding carboxylic acids is 1. The summed E-state index contributed by atoms with van der Waals surface area (Å²) in [4.78, 5) is 17.4. The van der Waals surface area contributed by atoms with Crippen molar-refractivity contribution >= 4 is 21.6 Å². The molecule has 1 amide bonds. The number of amides is 1. The van der Waals surface area contributed by atoms with E-state index in [9.17, 15) is 13.2 Å². The van der Waals surface area contributed by atoms with E-state index in [-0.39, 0.29) is 29.4 Å². The van der Waals surface area contributed by atoms with Crippen molar-refractivity contribution in [3.63, 3.8) is 0 Å². The third-order valence-corrected chi connectivity index (χ3v) is 9.62. The monoisotopic (exact) mass is 553 g/mol. The van der Waals surface area contributed by atoms with Crippen molar-refractivity contribution in [2.45, 2.75) is 50.6 Å². The number of aryl methyl sites for hydroxylation is 1. The molecule has 2 heterocycles. The third kappa shape index (κ3) is 7.17. The summed E-state index contributed by atoms with van der Waals surface area (Å²) in [6, 6.07) is 13.1. The van der Waals surface area contributed by atoms with Gasteiger partial charge in [-0.2, -0.15) is 9.57 Å². The zero-order valence-corrected chi connectivity index (χ0v) is 24.1. The highest BCUT2D eigenvalue weighted by Crippen LogP contribution is 2.27. The van der Waals surface area contributed by atoms with Crippen LogP contribution in [0.3, 0.4) is 0 Å². The molecule has 210 valence electrons. The second kappa shape index (κ2) is 12.5. The second-order valence-electron chi connectivity index (χ2n) is 11.0. The summed E-state index contributed by atoms with van der Waals surface area (Å²) in [6.07, 6.45) is 2.39. The molecule has 0 saturated carbocycles. The van der Waals surface area contributed by atoms with Gasteiger partial charge in [0.05, 0.1) is 29.7 Å². The molecule has 39 heavy (non-hydrogen) atoms. The Balaban J connectivity index is 1.32. The number of piperazine rings is 1. The van der Waals surface area contributed by atoms with Gasteiger partial charge in [-0.05, 0) is 89.2 Å². The van der Waals surface area contributed by atoms with Crippen molar-refractivity contribution in [1.29, 1.82) is 5.26 Å². The summed E-state index contributed by atoms with van der Waals surface area (Å²) in [6.45, 7) is 9.56. The summed E-state index contributed by atoms with van der Waals surface area (Å²) < 4.78 is 34.3. The minimum Gasteiger partial charge on any atom is -0.493 e. The molecule has 0 radical (unpaired) electrons. The molecule has 9 nitrogen and oxygen atoms in total. The number of hydrogen-bond donors (Lipinski definition) is 1. The molecular weight excluding hydrogens is 514 g/mol. The fourth-order valence-corrected chi connectivity index (χ4v) is 7.60. The van der Waals surface area contributed by atoms with Crippen LogP contribution in [0.1, 0.15) is 37.8 Å². The summed E-state index contributed by atoms with van der Waals surface area (Å²) in [5.41, 5.74) is 1.97. The van der Waals surface area contributed by atoms with Gasteiger partial charge in [0.1, 0.15) is 5.75 Å². The number of ether oxygens (including phenoxy) is 1. The number of hydrogen-bond acceptors (Lipinski definition) is 7. The SMILES string of the molecule is Cc1cc(OCC2CCCN(C)C2)ccc1NC(=O)CN1C[C@@H](C)N(S(=O)(=O)c2cccc(C#N)c2)[C@@H](C)C1. The first-order valence-corrected chi connectivity index (χ1v) is 15.0. The van der Waals surface area contributed by atoms with Crippen molar-refractivity contribution < 1.29 is 17.9 Å². The first kappa shape index (κ1) is 29.0. The van der Waals surface area contributed by atoms with Gasteiger partial charge in [-0.25, -0.2) is 8.42 Å². The molecule has 10 heteroatoms. The summed E-state index contributed by atoms with van der Waals surface area (Å²) in [5.74, 6) is 1.19. The van der Waals surface area contributed by atoms with Crippen LogP contribution in [0.4, 0.5) is 5.69 Å². The quantitative estimate of drug-likeness (QED) is 0.535. The fraction of sp³-hybridized carbons (Fsp3) is 0.517. The normalized spacial score (nSPS) is 23.2. The number of piperidine rings is 1. The average molecular weight is 554 g/mol. The maximum absolute atomic E-state index is 13.4. The zero-order chi connectivity index (χ0) is 28.2. The predicted octanol–water partition coefficient (Wildman–Crippen LogP) is 3.31. The lowest BCUT2D eigenvalue weighted by molar-refractivity contribution is -0.118. The van der Waals surface area contributed by atoms with Crippen molar-refractivity contribution in [2.24, 2.45) is 5.92 Å².